The Kier molecular flexibility index (Phi) is 10.2. The van der Waals surface area contributed by atoms with Crippen LogP contribution in [0.4, 0.5) is 0 Å². The van der Waals surface area contributed by atoms with E-state index in [1.54, 1.807) is 0 Å². The van der Waals surface area contributed by atoms with E-state index in [-0.39, 0.29) is 0 Å². The van der Waals surface area contributed by atoms with Gasteiger partial charge in [0.15, 0.2) is 40.8 Å². The first-order valence-corrected chi connectivity index (χ1v) is 20.4. The fraction of sp³-hybridized carbons (Fsp3) is 0.0370. The predicted octanol–water partition coefficient (Wildman–Crippen LogP) is 12.5. The predicted molar refractivity (Wildman–Crippen MR) is 247 cm³/mol. The Bertz CT molecular complexity index is 3040. The molecule has 0 unspecified atom stereocenters. The van der Waals surface area contributed by atoms with Crippen LogP contribution in [-0.4, -0.2) is 39.9 Å². The van der Waals surface area contributed by atoms with Gasteiger partial charge >= 0.3 is 0 Å². The molecule has 0 N–H and O–H groups in total. The molecule has 7 aromatic carbocycles. The van der Waals surface area contributed by atoms with Gasteiger partial charge in [-0.3, -0.25) is 0 Å². The number of hydrogen-bond donors (Lipinski definition) is 0. The molecule has 10 aromatic rings. The van der Waals surface area contributed by atoms with Gasteiger partial charge in [0.2, 0.25) is 0 Å². The molecule has 0 radical (unpaired) electrons. The van der Waals surface area contributed by atoms with E-state index in [0.717, 1.165) is 72.6 Å². The number of aromatic nitrogens is 8. The van der Waals surface area contributed by atoms with Crippen molar-refractivity contribution in [2.24, 2.45) is 0 Å². The van der Waals surface area contributed by atoms with Crippen molar-refractivity contribution in [1.82, 2.24) is 39.9 Å². The standard InChI is InChI=1S/C54H38N8/c1-35-33-36(2)56-54(55-35)47-45(37-29-31-42(32-30-37)52-59-48(38-17-7-3-8-18-38)57-49(60-52)39-19-9-4-10-20-39)27-16-28-46(47)43-25-15-26-44(34-43)53-61-50(40-21-11-5-12-22-40)58-51(62-53)41-23-13-6-14-24-41/h3-34H,1-2H3. The summed E-state index contributed by atoms with van der Waals surface area (Å²) in [7, 11) is 0. The summed E-state index contributed by atoms with van der Waals surface area (Å²) in [4.78, 5) is 39.8. The average Bonchev–Trinajstić information content (AvgIpc) is 3.34. The van der Waals surface area contributed by atoms with Crippen LogP contribution in [0.25, 0.3) is 102 Å². The van der Waals surface area contributed by atoms with Crippen molar-refractivity contribution < 1.29 is 0 Å². The van der Waals surface area contributed by atoms with E-state index in [9.17, 15) is 0 Å². The smallest absolute Gasteiger partial charge is 0.164 e. The van der Waals surface area contributed by atoms with Gasteiger partial charge in [0.25, 0.3) is 0 Å². The SMILES string of the molecule is Cc1cc(C)nc(-c2c(-c3ccc(-c4nc(-c5ccccc5)nc(-c5ccccc5)n4)cc3)cccc2-c2cccc(-c3nc(-c4ccccc4)nc(-c4ccccc4)n3)c2)n1. The zero-order valence-electron chi connectivity index (χ0n) is 34.1. The van der Waals surface area contributed by atoms with E-state index >= 15 is 0 Å². The van der Waals surface area contributed by atoms with Gasteiger partial charge in [-0.1, -0.05) is 182 Å². The highest BCUT2D eigenvalue weighted by Gasteiger charge is 2.20. The zero-order chi connectivity index (χ0) is 41.8. The molecule has 0 aliphatic heterocycles. The lowest BCUT2D eigenvalue weighted by molar-refractivity contribution is 1.06. The number of benzene rings is 7. The quantitative estimate of drug-likeness (QED) is 0.142. The maximum atomic E-state index is 5.02. The molecule has 62 heavy (non-hydrogen) atoms. The Hall–Kier alpha value is -8.36. The second-order valence-corrected chi connectivity index (χ2v) is 14.9. The van der Waals surface area contributed by atoms with Crippen LogP contribution in [0.15, 0.2) is 194 Å². The monoisotopic (exact) mass is 798 g/mol. The number of aryl methyl sites for hydroxylation is 2. The lowest BCUT2D eigenvalue weighted by atomic mass is 9.90. The summed E-state index contributed by atoms with van der Waals surface area (Å²) in [5, 5.41) is 0. The third-order valence-corrected chi connectivity index (χ3v) is 10.6. The molecule has 3 aromatic heterocycles. The minimum absolute atomic E-state index is 0.583. The fourth-order valence-electron chi connectivity index (χ4n) is 7.61. The first-order chi connectivity index (χ1) is 30.5. The van der Waals surface area contributed by atoms with Gasteiger partial charge in [-0.15, -0.1) is 0 Å². The molecule has 8 nitrogen and oxygen atoms in total. The molecule has 0 saturated heterocycles. The van der Waals surface area contributed by atoms with Gasteiger partial charge in [0, 0.05) is 50.3 Å². The Labute approximate surface area is 359 Å². The van der Waals surface area contributed by atoms with Crippen molar-refractivity contribution >= 4 is 0 Å². The molecule has 10 rings (SSSR count). The molecule has 0 atom stereocenters. The van der Waals surface area contributed by atoms with Crippen molar-refractivity contribution in [3.8, 4) is 102 Å². The number of nitrogens with zero attached hydrogens (tertiary/aromatic N) is 8. The molecule has 0 aliphatic carbocycles. The van der Waals surface area contributed by atoms with Crippen LogP contribution < -0.4 is 0 Å². The molecule has 0 aliphatic rings. The summed E-state index contributed by atoms with van der Waals surface area (Å²) in [6.07, 6.45) is 0. The van der Waals surface area contributed by atoms with Gasteiger partial charge in [-0.25, -0.2) is 39.9 Å². The van der Waals surface area contributed by atoms with E-state index in [4.69, 9.17) is 39.9 Å². The van der Waals surface area contributed by atoms with Crippen LogP contribution in [0.5, 0.6) is 0 Å². The Morgan fingerprint density at radius 3 is 0.952 bits per heavy atom. The van der Waals surface area contributed by atoms with Crippen LogP contribution in [0.1, 0.15) is 11.4 Å². The molecule has 0 spiro atoms. The fourth-order valence-corrected chi connectivity index (χ4v) is 7.61. The summed E-state index contributed by atoms with van der Waals surface area (Å²) in [6.45, 7) is 4.01. The van der Waals surface area contributed by atoms with Crippen molar-refractivity contribution in [2.45, 2.75) is 13.8 Å². The average molecular weight is 799 g/mol. The van der Waals surface area contributed by atoms with Crippen LogP contribution in [-0.2, 0) is 0 Å². The first kappa shape index (κ1) is 37.9. The van der Waals surface area contributed by atoms with E-state index in [0.29, 0.717) is 40.8 Å². The Morgan fingerprint density at radius 1 is 0.226 bits per heavy atom. The highest BCUT2D eigenvalue weighted by molar-refractivity contribution is 5.93. The largest absolute Gasteiger partial charge is 0.233 e. The van der Waals surface area contributed by atoms with E-state index in [1.807, 2.05) is 147 Å². The summed E-state index contributed by atoms with van der Waals surface area (Å²) >= 11 is 0. The minimum Gasteiger partial charge on any atom is -0.233 e. The van der Waals surface area contributed by atoms with Gasteiger partial charge in [-0.2, -0.15) is 0 Å². The summed E-state index contributed by atoms with van der Waals surface area (Å²) in [6, 6.07) is 65.2. The maximum absolute atomic E-state index is 5.02. The van der Waals surface area contributed by atoms with E-state index in [2.05, 4.69) is 60.7 Å². The van der Waals surface area contributed by atoms with Gasteiger partial charge in [0.05, 0.1) is 0 Å². The van der Waals surface area contributed by atoms with Gasteiger partial charge in [0.1, 0.15) is 0 Å². The lowest BCUT2D eigenvalue weighted by Gasteiger charge is -2.17. The second kappa shape index (κ2) is 16.7. The van der Waals surface area contributed by atoms with Gasteiger partial charge < -0.3 is 0 Å². The van der Waals surface area contributed by atoms with Crippen LogP contribution in [0, 0.1) is 13.8 Å². The molecular formula is C54H38N8. The highest BCUT2D eigenvalue weighted by Crippen LogP contribution is 2.40. The third-order valence-electron chi connectivity index (χ3n) is 10.6. The maximum Gasteiger partial charge on any atom is 0.164 e. The zero-order valence-corrected chi connectivity index (χ0v) is 34.1. The van der Waals surface area contributed by atoms with Crippen LogP contribution in [0.3, 0.4) is 0 Å². The van der Waals surface area contributed by atoms with Crippen molar-refractivity contribution in [3.63, 3.8) is 0 Å². The molecule has 0 bridgehead atoms. The van der Waals surface area contributed by atoms with Gasteiger partial charge in [-0.05, 0) is 48.2 Å². The van der Waals surface area contributed by atoms with Crippen LogP contribution >= 0.6 is 0 Å². The number of hydrogen-bond acceptors (Lipinski definition) is 8. The number of rotatable bonds is 9. The molecule has 3 heterocycles. The normalized spacial score (nSPS) is 11.1. The molecule has 294 valence electrons. The topological polar surface area (TPSA) is 103 Å². The summed E-state index contributed by atoms with van der Waals surface area (Å²) < 4.78 is 0. The Balaban J connectivity index is 1.09. The van der Waals surface area contributed by atoms with Crippen molar-refractivity contribution in [1.29, 1.82) is 0 Å². The summed E-state index contributed by atoms with van der Waals surface area (Å²) in [5.41, 5.74) is 12.1. The molecule has 0 amide bonds. The molecule has 0 saturated carbocycles. The minimum atomic E-state index is 0.583. The van der Waals surface area contributed by atoms with E-state index in [1.165, 1.54) is 0 Å². The molecule has 8 heteroatoms. The van der Waals surface area contributed by atoms with Crippen molar-refractivity contribution in [3.05, 3.63) is 206 Å². The van der Waals surface area contributed by atoms with E-state index < -0.39 is 0 Å². The summed E-state index contributed by atoms with van der Waals surface area (Å²) in [5.74, 6) is 4.29. The molecular weight excluding hydrogens is 761 g/mol. The van der Waals surface area contributed by atoms with Crippen LogP contribution in [0.2, 0.25) is 0 Å². The van der Waals surface area contributed by atoms with Crippen molar-refractivity contribution in [2.75, 3.05) is 0 Å². The lowest BCUT2D eigenvalue weighted by Crippen LogP contribution is -2.01. The third kappa shape index (κ3) is 7.88. The Morgan fingerprint density at radius 2 is 0.532 bits per heavy atom. The second-order valence-electron chi connectivity index (χ2n) is 14.9. The molecule has 0 fully saturated rings. The highest BCUT2D eigenvalue weighted by atomic mass is 15.0. The first-order valence-electron chi connectivity index (χ1n) is 20.4.